The SMILES string of the molecule is C[C@@H](O)[C@H](NC(=O)[C@@H](NC(=O)OCC1c2ccccc2-c2ccccc21)C(C)(C)C)C(=O)O. The van der Waals surface area contributed by atoms with Crippen molar-refractivity contribution in [2.45, 2.75) is 51.8 Å². The molecule has 8 heteroatoms. The molecule has 0 spiro atoms. The first-order valence-electron chi connectivity index (χ1n) is 10.8. The molecule has 0 aliphatic heterocycles. The maximum absolute atomic E-state index is 12.8. The summed E-state index contributed by atoms with van der Waals surface area (Å²) in [5.74, 6) is -2.21. The zero-order valence-electron chi connectivity index (χ0n) is 19.2. The molecule has 176 valence electrons. The molecule has 2 aromatic carbocycles. The molecule has 3 atom stereocenters. The lowest BCUT2D eigenvalue weighted by molar-refractivity contribution is -0.145. The van der Waals surface area contributed by atoms with Gasteiger partial charge in [0.2, 0.25) is 5.91 Å². The Morgan fingerprint density at radius 3 is 1.94 bits per heavy atom. The van der Waals surface area contributed by atoms with E-state index in [4.69, 9.17) is 4.74 Å². The van der Waals surface area contributed by atoms with Crippen LogP contribution >= 0.6 is 0 Å². The number of nitrogens with one attached hydrogen (secondary N) is 2. The summed E-state index contributed by atoms with van der Waals surface area (Å²) < 4.78 is 5.52. The first-order valence-corrected chi connectivity index (χ1v) is 10.8. The van der Waals surface area contributed by atoms with E-state index in [1.165, 1.54) is 6.92 Å². The summed E-state index contributed by atoms with van der Waals surface area (Å²) in [7, 11) is 0. The zero-order valence-corrected chi connectivity index (χ0v) is 19.2. The number of carbonyl (C=O) groups excluding carboxylic acids is 2. The average Bonchev–Trinajstić information content (AvgIpc) is 3.06. The highest BCUT2D eigenvalue weighted by atomic mass is 16.5. The number of aliphatic hydroxyl groups excluding tert-OH is 1. The fourth-order valence-electron chi connectivity index (χ4n) is 4.06. The highest BCUT2D eigenvalue weighted by Gasteiger charge is 2.37. The maximum atomic E-state index is 12.8. The molecule has 2 aromatic rings. The van der Waals surface area contributed by atoms with E-state index in [-0.39, 0.29) is 12.5 Å². The number of hydrogen-bond donors (Lipinski definition) is 4. The van der Waals surface area contributed by atoms with Gasteiger partial charge < -0.3 is 25.6 Å². The highest BCUT2D eigenvalue weighted by Crippen LogP contribution is 2.44. The molecule has 8 nitrogen and oxygen atoms in total. The van der Waals surface area contributed by atoms with Gasteiger partial charge in [0.15, 0.2) is 6.04 Å². The summed E-state index contributed by atoms with van der Waals surface area (Å²) in [6.07, 6.45) is -2.09. The number of aliphatic hydroxyl groups is 1. The molecule has 3 rings (SSSR count). The van der Waals surface area contributed by atoms with E-state index < -0.39 is 41.6 Å². The Morgan fingerprint density at radius 1 is 0.970 bits per heavy atom. The second-order valence-electron chi connectivity index (χ2n) is 9.33. The number of amides is 2. The van der Waals surface area contributed by atoms with Crippen molar-refractivity contribution in [2.75, 3.05) is 6.61 Å². The average molecular weight is 455 g/mol. The van der Waals surface area contributed by atoms with Crippen LogP contribution in [0.1, 0.15) is 44.7 Å². The summed E-state index contributed by atoms with van der Waals surface area (Å²) in [5.41, 5.74) is 3.60. The maximum Gasteiger partial charge on any atom is 0.407 e. The van der Waals surface area contributed by atoms with Crippen LogP contribution in [0.4, 0.5) is 4.79 Å². The number of rotatable bonds is 7. The third-order valence-electron chi connectivity index (χ3n) is 5.78. The molecule has 1 aliphatic rings. The van der Waals surface area contributed by atoms with Crippen LogP contribution in [-0.2, 0) is 14.3 Å². The van der Waals surface area contributed by atoms with E-state index in [0.717, 1.165) is 22.3 Å². The van der Waals surface area contributed by atoms with Crippen LogP contribution in [0.15, 0.2) is 48.5 Å². The molecule has 4 N–H and O–H groups in total. The number of carboxylic acids is 1. The summed E-state index contributed by atoms with van der Waals surface area (Å²) in [6, 6.07) is 13.3. The van der Waals surface area contributed by atoms with Crippen LogP contribution in [0.25, 0.3) is 11.1 Å². The quantitative estimate of drug-likeness (QED) is 0.510. The van der Waals surface area contributed by atoms with E-state index >= 15 is 0 Å². The van der Waals surface area contributed by atoms with Gasteiger partial charge in [0.1, 0.15) is 12.6 Å². The van der Waals surface area contributed by atoms with Crippen LogP contribution in [0.2, 0.25) is 0 Å². The number of carboxylic acid groups (broad SMARTS) is 1. The monoisotopic (exact) mass is 454 g/mol. The number of aliphatic carboxylic acids is 1. The van der Waals surface area contributed by atoms with E-state index in [2.05, 4.69) is 10.6 Å². The second-order valence-corrected chi connectivity index (χ2v) is 9.33. The lowest BCUT2D eigenvalue weighted by Crippen LogP contribution is -2.58. The first-order chi connectivity index (χ1) is 15.5. The molecular formula is C25H30N2O6. The van der Waals surface area contributed by atoms with Crippen LogP contribution in [0.3, 0.4) is 0 Å². The van der Waals surface area contributed by atoms with Gasteiger partial charge in [-0.2, -0.15) is 0 Å². The standard InChI is InChI=1S/C25H30N2O6/c1-14(28)20(23(30)31)26-22(29)21(25(2,3)4)27-24(32)33-13-19-17-11-7-5-9-15(17)16-10-6-8-12-18(16)19/h5-12,14,19-21,28H,13H2,1-4H3,(H,26,29)(H,27,32)(H,30,31)/t14-,20+,21-/m1/s1. The summed E-state index contributed by atoms with van der Waals surface area (Å²) in [6.45, 7) is 6.56. The Labute approximate surface area is 193 Å². The number of hydrogen-bond acceptors (Lipinski definition) is 5. The number of ether oxygens (including phenoxy) is 1. The van der Waals surface area contributed by atoms with Gasteiger partial charge in [-0.05, 0) is 34.6 Å². The first kappa shape index (κ1) is 24.3. The Balaban J connectivity index is 1.71. The lowest BCUT2D eigenvalue weighted by atomic mass is 9.86. The highest BCUT2D eigenvalue weighted by molar-refractivity contribution is 5.90. The fourth-order valence-corrected chi connectivity index (χ4v) is 4.06. The molecule has 33 heavy (non-hydrogen) atoms. The minimum atomic E-state index is -1.49. The molecule has 0 aromatic heterocycles. The summed E-state index contributed by atoms with van der Waals surface area (Å²) in [4.78, 5) is 36.8. The third-order valence-corrected chi connectivity index (χ3v) is 5.78. The predicted octanol–water partition coefficient (Wildman–Crippen LogP) is 2.89. The molecule has 0 fully saturated rings. The number of carbonyl (C=O) groups is 3. The van der Waals surface area contributed by atoms with Gasteiger partial charge in [-0.3, -0.25) is 4.79 Å². The van der Waals surface area contributed by atoms with Crippen molar-refractivity contribution in [1.29, 1.82) is 0 Å². The van der Waals surface area contributed by atoms with Crippen molar-refractivity contribution in [3.05, 3.63) is 59.7 Å². The van der Waals surface area contributed by atoms with Crippen molar-refractivity contribution >= 4 is 18.0 Å². The second kappa shape index (κ2) is 9.62. The predicted molar refractivity (Wildman–Crippen MR) is 123 cm³/mol. The number of alkyl carbamates (subject to hydrolysis) is 1. The van der Waals surface area contributed by atoms with Gasteiger partial charge in [-0.1, -0.05) is 69.3 Å². The summed E-state index contributed by atoms with van der Waals surface area (Å²) in [5, 5.41) is 23.8. The molecule has 1 aliphatic carbocycles. The topological polar surface area (TPSA) is 125 Å². The number of fused-ring (bicyclic) bond motifs is 3. The van der Waals surface area contributed by atoms with Crippen molar-refractivity contribution in [3.8, 4) is 11.1 Å². The van der Waals surface area contributed by atoms with E-state index in [9.17, 15) is 24.6 Å². The fraction of sp³-hybridized carbons (Fsp3) is 0.400. The van der Waals surface area contributed by atoms with Gasteiger partial charge in [-0.25, -0.2) is 9.59 Å². The Kier molecular flexibility index (Phi) is 7.07. The van der Waals surface area contributed by atoms with Crippen LogP contribution in [0, 0.1) is 5.41 Å². The van der Waals surface area contributed by atoms with Crippen molar-refractivity contribution in [2.24, 2.45) is 5.41 Å². The smallest absolute Gasteiger partial charge is 0.407 e. The van der Waals surface area contributed by atoms with Crippen molar-refractivity contribution < 1.29 is 29.3 Å². The van der Waals surface area contributed by atoms with Gasteiger partial charge in [0, 0.05) is 5.92 Å². The largest absolute Gasteiger partial charge is 0.480 e. The van der Waals surface area contributed by atoms with Gasteiger partial charge in [-0.15, -0.1) is 0 Å². The Hall–Kier alpha value is -3.39. The molecule has 2 amide bonds. The third kappa shape index (κ3) is 5.34. The van der Waals surface area contributed by atoms with Crippen molar-refractivity contribution in [3.63, 3.8) is 0 Å². The Morgan fingerprint density at radius 2 is 1.48 bits per heavy atom. The molecule has 0 heterocycles. The van der Waals surface area contributed by atoms with Crippen LogP contribution < -0.4 is 10.6 Å². The minimum absolute atomic E-state index is 0.0871. The van der Waals surface area contributed by atoms with E-state index in [0.29, 0.717) is 0 Å². The van der Waals surface area contributed by atoms with Crippen LogP contribution in [0.5, 0.6) is 0 Å². The molecule has 0 unspecified atom stereocenters. The van der Waals surface area contributed by atoms with Crippen molar-refractivity contribution in [1.82, 2.24) is 10.6 Å². The molecule has 0 bridgehead atoms. The lowest BCUT2D eigenvalue weighted by Gasteiger charge is -2.31. The molecule has 0 saturated heterocycles. The van der Waals surface area contributed by atoms with Crippen LogP contribution in [-0.4, -0.2) is 53.0 Å². The zero-order chi connectivity index (χ0) is 24.3. The van der Waals surface area contributed by atoms with E-state index in [1.54, 1.807) is 20.8 Å². The normalized spacial score (nSPS) is 15.5. The van der Waals surface area contributed by atoms with Gasteiger partial charge in [0.05, 0.1) is 6.10 Å². The number of benzene rings is 2. The minimum Gasteiger partial charge on any atom is -0.480 e. The van der Waals surface area contributed by atoms with E-state index in [1.807, 2.05) is 48.5 Å². The summed E-state index contributed by atoms with van der Waals surface area (Å²) >= 11 is 0. The molecular weight excluding hydrogens is 424 g/mol. The molecule has 0 saturated carbocycles. The van der Waals surface area contributed by atoms with Gasteiger partial charge in [0.25, 0.3) is 0 Å². The Bertz CT molecular complexity index is 998. The molecule has 0 radical (unpaired) electrons. The van der Waals surface area contributed by atoms with Gasteiger partial charge >= 0.3 is 12.1 Å².